The molecule has 0 heterocycles. The Morgan fingerprint density at radius 3 is 2.10 bits per heavy atom. The summed E-state index contributed by atoms with van der Waals surface area (Å²) in [4.78, 5) is 24.7. The Morgan fingerprint density at radius 2 is 1.48 bits per heavy atom. The predicted octanol–water partition coefficient (Wildman–Crippen LogP) is 5.65. The minimum Gasteiger partial charge on any atom is -0.322 e. The summed E-state index contributed by atoms with van der Waals surface area (Å²) in [6, 6.07) is 21.3. The molecule has 0 aliphatic heterocycles. The van der Waals surface area contributed by atoms with E-state index in [2.05, 4.69) is 36.6 Å². The number of carbonyl (C=O) groups excluding carboxylic acids is 2. The van der Waals surface area contributed by atoms with Crippen molar-refractivity contribution in [2.45, 2.75) is 26.2 Å². The van der Waals surface area contributed by atoms with E-state index in [4.69, 9.17) is 11.6 Å². The van der Waals surface area contributed by atoms with E-state index in [1.54, 1.807) is 42.5 Å². The van der Waals surface area contributed by atoms with Gasteiger partial charge in [0.15, 0.2) is 0 Å². The summed E-state index contributed by atoms with van der Waals surface area (Å²) in [6.07, 6.45) is 1.52. The van der Waals surface area contributed by atoms with Crippen molar-refractivity contribution in [2.24, 2.45) is 5.10 Å². The molecular formula is C25H24ClN3O2. The number of nitrogens with zero attached hydrogens (tertiary/aromatic N) is 1. The standard InChI is InChI=1S/C25H24ClN3O2/c1-25(2,3)20-11-7-18(8-12-20)23(30)28-22-13-9-19(10-14-22)24(31)29-27-16-17-5-4-6-21(26)15-17/h4-16H,1-3H3,(H,28,30)(H,29,31)/b27-16+. The Morgan fingerprint density at radius 1 is 0.871 bits per heavy atom. The highest BCUT2D eigenvalue weighted by atomic mass is 35.5. The van der Waals surface area contributed by atoms with Crippen LogP contribution < -0.4 is 10.7 Å². The number of benzene rings is 3. The summed E-state index contributed by atoms with van der Waals surface area (Å²) >= 11 is 5.92. The average Bonchev–Trinajstić information content (AvgIpc) is 2.74. The van der Waals surface area contributed by atoms with Crippen LogP contribution in [0.15, 0.2) is 77.9 Å². The number of rotatable bonds is 5. The summed E-state index contributed by atoms with van der Waals surface area (Å²) in [5.74, 6) is -0.558. The first-order chi connectivity index (χ1) is 14.7. The van der Waals surface area contributed by atoms with Gasteiger partial charge >= 0.3 is 0 Å². The molecule has 0 aliphatic rings. The van der Waals surface area contributed by atoms with E-state index in [9.17, 15) is 9.59 Å². The lowest BCUT2D eigenvalue weighted by Crippen LogP contribution is -2.18. The second-order valence-electron chi connectivity index (χ2n) is 8.11. The Balaban J connectivity index is 1.58. The van der Waals surface area contributed by atoms with E-state index in [0.29, 0.717) is 21.8 Å². The number of nitrogens with one attached hydrogen (secondary N) is 2. The molecule has 0 aromatic heterocycles. The SMILES string of the molecule is CC(C)(C)c1ccc(C(=O)Nc2ccc(C(=O)N/N=C/c3cccc(Cl)c3)cc2)cc1. The van der Waals surface area contributed by atoms with Crippen LogP contribution in [0.2, 0.25) is 5.02 Å². The summed E-state index contributed by atoms with van der Waals surface area (Å²) in [5.41, 5.74) is 6.05. The molecule has 3 aromatic rings. The van der Waals surface area contributed by atoms with Gasteiger partial charge in [0.2, 0.25) is 0 Å². The van der Waals surface area contributed by atoms with Crippen LogP contribution in [0, 0.1) is 0 Å². The highest BCUT2D eigenvalue weighted by Gasteiger charge is 2.14. The van der Waals surface area contributed by atoms with Crippen molar-refractivity contribution >= 4 is 35.3 Å². The zero-order valence-corrected chi connectivity index (χ0v) is 18.4. The van der Waals surface area contributed by atoms with Crippen LogP contribution in [-0.2, 0) is 5.41 Å². The van der Waals surface area contributed by atoms with Crippen LogP contribution in [0.25, 0.3) is 0 Å². The van der Waals surface area contributed by atoms with E-state index in [1.807, 2.05) is 30.3 Å². The van der Waals surface area contributed by atoms with Gasteiger partial charge in [-0.05, 0) is 65.1 Å². The van der Waals surface area contributed by atoms with Crippen molar-refractivity contribution < 1.29 is 9.59 Å². The molecule has 5 nitrogen and oxygen atoms in total. The third-order valence-corrected chi connectivity index (χ3v) is 4.88. The number of anilines is 1. The molecule has 0 fully saturated rings. The maximum Gasteiger partial charge on any atom is 0.271 e. The lowest BCUT2D eigenvalue weighted by atomic mass is 9.87. The highest BCUT2D eigenvalue weighted by Crippen LogP contribution is 2.22. The van der Waals surface area contributed by atoms with Crippen LogP contribution >= 0.6 is 11.6 Å². The molecule has 158 valence electrons. The maximum absolute atomic E-state index is 12.5. The van der Waals surface area contributed by atoms with Crippen molar-refractivity contribution in [3.63, 3.8) is 0 Å². The first-order valence-electron chi connectivity index (χ1n) is 9.83. The molecule has 2 amide bonds. The second-order valence-corrected chi connectivity index (χ2v) is 8.55. The monoisotopic (exact) mass is 433 g/mol. The van der Waals surface area contributed by atoms with Crippen LogP contribution in [0.4, 0.5) is 5.69 Å². The zero-order valence-electron chi connectivity index (χ0n) is 17.6. The molecule has 6 heteroatoms. The summed E-state index contributed by atoms with van der Waals surface area (Å²) in [6.45, 7) is 6.38. The molecule has 0 unspecified atom stereocenters. The van der Waals surface area contributed by atoms with Crippen LogP contribution in [-0.4, -0.2) is 18.0 Å². The molecule has 3 rings (SSSR count). The predicted molar refractivity (Wildman–Crippen MR) is 126 cm³/mol. The van der Waals surface area contributed by atoms with Gasteiger partial charge in [-0.1, -0.05) is 56.6 Å². The van der Waals surface area contributed by atoms with Gasteiger partial charge in [-0.3, -0.25) is 9.59 Å². The van der Waals surface area contributed by atoms with E-state index < -0.39 is 0 Å². The van der Waals surface area contributed by atoms with Gasteiger partial charge < -0.3 is 5.32 Å². The van der Waals surface area contributed by atoms with Crippen molar-refractivity contribution in [3.05, 3.63) is 100 Å². The lowest BCUT2D eigenvalue weighted by molar-refractivity contribution is 0.0954. The van der Waals surface area contributed by atoms with Gasteiger partial charge in [0.1, 0.15) is 0 Å². The first kappa shape index (κ1) is 22.2. The largest absolute Gasteiger partial charge is 0.322 e. The number of halogens is 1. The van der Waals surface area contributed by atoms with Gasteiger partial charge in [0.05, 0.1) is 6.21 Å². The molecule has 3 aromatic carbocycles. The average molecular weight is 434 g/mol. The first-order valence-corrected chi connectivity index (χ1v) is 10.2. The molecule has 31 heavy (non-hydrogen) atoms. The fourth-order valence-corrected chi connectivity index (χ4v) is 3.05. The second kappa shape index (κ2) is 9.58. The van der Waals surface area contributed by atoms with Gasteiger partial charge in [-0.25, -0.2) is 5.43 Å². The minimum absolute atomic E-state index is 0.0313. The van der Waals surface area contributed by atoms with Crippen molar-refractivity contribution in [1.29, 1.82) is 0 Å². The lowest BCUT2D eigenvalue weighted by Gasteiger charge is -2.19. The zero-order chi connectivity index (χ0) is 22.4. The smallest absolute Gasteiger partial charge is 0.271 e. The topological polar surface area (TPSA) is 70.6 Å². The Kier molecular flexibility index (Phi) is 6.88. The Hall–Kier alpha value is -3.44. The molecule has 0 atom stereocenters. The Bertz CT molecular complexity index is 1100. The third-order valence-electron chi connectivity index (χ3n) is 4.65. The molecule has 0 saturated heterocycles. The summed E-state index contributed by atoms with van der Waals surface area (Å²) in [7, 11) is 0. The normalized spacial score (nSPS) is 11.4. The minimum atomic E-state index is -0.353. The quantitative estimate of drug-likeness (QED) is 0.403. The van der Waals surface area contributed by atoms with Crippen LogP contribution in [0.3, 0.4) is 0 Å². The summed E-state index contributed by atoms with van der Waals surface area (Å²) in [5, 5.41) is 7.38. The van der Waals surface area contributed by atoms with Gasteiger partial charge in [-0.2, -0.15) is 5.10 Å². The maximum atomic E-state index is 12.5. The van der Waals surface area contributed by atoms with Gasteiger partial charge in [0.25, 0.3) is 11.8 Å². The van der Waals surface area contributed by atoms with E-state index in [0.717, 1.165) is 11.1 Å². The number of carbonyl (C=O) groups is 2. The molecule has 2 N–H and O–H groups in total. The molecule has 0 radical (unpaired) electrons. The van der Waals surface area contributed by atoms with Gasteiger partial charge in [-0.15, -0.1) is 0 Å². The van der Waals surface area contributed by atoms with Gasteiger partial charge in [0, 0.05) is 21.8 Å². The third kappa shape index (κ3) is 6.27. The number of amides is 2. The van der Waals surface area contributed by atoms with Crippen molar-refractivity contribution in [1.82, 2.24) is 5.43 Å². The number of hydrogen-bond donors (Lipinski definition) is 2. The molecule has 0 spiro atoms. The van der Waals surface area contributed by atoms with E-state index in [1.165, 1.54) is 6.21 Å². The van der Waals surface area contributed by atoms with Crippen molar-refractivity contribution in [2.75, 3.05) is 5.32 Å². The molecule has 0 bridgehead atoms. The van der Waals surface area contributed by atoms with Crippen LogP contribution in [0.5, 0.6) is 0 Å². The summed E-state index contributed by atoms with van der Waals surface area (Å²) < 4.78 is 0. The highest BCUT2D eigenvalue weighted by molar-refractivity contribution is 6.30. The number of hydrazone groups is 1. The van der Waals surface area contributed by atoms with Crippen LogP contribution in [0.1, 0.15) is 52.6 Å². The molecule has 0 aliphatic carbocycles. The number of hydrogen-bond acceptors (Lipinski definition) is 3. The van der Waals surface area contributed by atoms with E-state index in [-0.39, 0.29) is 17.2 Å². The Labute approximate surface area is 187 Å². The molecule has 0 saturated carbocycles. The fourth-order valence-electron chi connectivity index (χ4n) is 2.85. The van der Waals surface area contributed by atoms with Crippen molar-refractivity contribution in [3.8, 4) is 0 Å². The van der Waals surface area contributed by atoms with E-state index >= 15 is 0 Å². The fraction of sp³-hybridized carbons (Fsp3) is 0.160. The molecular weight excluding hydrogens is 410 g/mol.